The van der Waals surface area contributed by atoms with Gasteiger partial charge in [0.25, 0.3) is 5.91 Å². The Hall–Kier alpha value is -2.36. The Morgan fingerprint density at radius 3 is 2.49 bits per heavy atom. The summed E-state index contributed by atoms with van der Waals surface area (Å²) in [5.74, 6) is 0.564. The van der Waals surface area contributed by atoms with E-state index in [1.54, 1.807) is 20.1 Å². The van der Waals surface area contributed by atoms with Crippen LogP contribution in [-0.2, 0) is 14.3 Å². The molecular weight excluding hydrogens is 472 g/mol. The van der Waals surface area contributed by atoms with Gasteiger partial charge < -0.3 is 30.3 Å². The molecule has 0 spiro atoms. The fraction of sp³-hybridized carbons (Fsp3) is 0.640. The van der Waals surface area contributed by atoms with Crippen LogP contribution in [0.15, 0.2) is 12.1 Å². The number of ether oxygens (including phenoxy) is 2. The Kier molecular flexibility index (Phi) is 9.77. The zero-order valence-corrected chi connectivity index (χ0v) is 21.6. The topological polar surface area (TPSA) is 114 Å². The van der Waals surface area contributed by atoms with E-state index >= 15 is 0 Å². The monoisotopic (exact) mass is 508 g/mol. The van der Waals surface area contributed by atoms with Crippen molar-refractivity contribution < 1.29 is 23.9 Å². The highest BCUT2D eigenvalue weighted by molar-refractivity contribution is 6.33. The first kappa shape index (κ1) is 27.2. The normalized spacial score (nSPS) is 21.5. The minimum absolute atomic E-state index is 0.102. The lowest BCUT2D eigenvalue weighted by Crippen LogP contribution is -2.55. The predicted octanol–water partition coefficient (Wildman–Crippen LogP) is 2.36. The van der Waals surface area contributed by atoms with E-state index in [9.17, 15) is 14.4 Å². The number of nitrogen functional groups attached to an aromatic ring is 1. The third kappa shape index (κ3) is 7.08. The van der Waals surface area contributed by atoms with Gasteiger partial charge in [-0.3, -0.25) is 14.4 Å². The van der Waals surface area contributed by atoms with Crippen molar-refractivity contribution in [3.8, 4) is 5.75 Å². The molecule has 10 heteroatoms. The smallest absolute Gasteiger partial charge is 0.255 e. The molecule has 3 N–H and O–H groups in total. The van der Waals surface area contributed by atoms with Gasteiger partial charge in [0.15, 0.2) is 0 Å². The minimum Gasteiger partial charge on any atom is -0.496 e. The summed E-state index contributed by atoms with van der Waals surface area (Å²) in [6.07, 6.45) is 3.34. The molecule has 2 aliphatic heterocycles. The third-order valence-corrected chi connectivity index (χ3v) is 7.44. The molecule has 194 valence electrons. The second-order valence-electron chi connectivity index (χ2n) is 9.39. The SMILES string of the molecule is COc1cc(N)c(Cl)cc1C(=O)N[C@H]1CCN(CCCC(=O)N2CCC(C(C)=O)CC2)C[C@H]1OC. The van der Waals surface area contributed by atoms with Crippen LogP contribution < -0.4 is 15.8 Å². The van der Waals surface area contributed by atoms with Crippen LogP contribution in [0, 0.1) is 5.92 Å². The van der Waals surface area contributed by atoms with Crippen molar-refractivity contribution in [2.45, 2.75) is 51.2 Å². The lowest BCUT2D eigenvalue weighted by Gasteiger charge is -2.38. The van der Waals surface area contributed by atoms with E-state index in [1.165, 1.54) is 13.2 Å². The third-order valence-electron chi connectivity index (χ3n) is 7.11. The van der Waals surface area contributed by atoms with E-state index in [0.29, 0.717) is 48.1 Å². The molecule has 35 heavy (non-hydrogen) atoms. The molecule has 1 aromatic carbocycles. The lowest BCUT2D eigenvalue weighted by molar-refractivity contribution is -0.134. The highest BCUT2D eigenvalue weighted by Gasteiger charge is 2.31. The number of methoxy groups -OCH3 is 2. The van der Waals surface area contributed by atoms with Crippen LogP contribution in [0.5, 0.6) is 5.75 Å². The van der Waals surface area contributed by atoms with Crippen LogP contribution in [0.1, 0.15) is 49.4 Å². The standard InChI is InChI=1S/C25H37ClN4O5/c1-16(31)17-6-11-30(12-7-17)24(32)5-4-9-29-10-8-21(23(15-29)35-3)28-25(33)18-13-19(26)20(27)14-22(18)34-2/h13-14,17,21,23H,4-12,15,27H2,1-3H3,(H,28,33)/t21-,23+/m0/s1. The number of ketones is 1. The number of anilines is 1. The first-order valence-electron chi connectivity index (χ1n) is 12.2. The van der Waals surface area contributed by atoms with Crippen molar-refractivity contribution in [2.24, 2.45) is 5.92 Å². The number of hydrogen-bond acceptors (Lipinski definition) is 7. The summed E-state index contributed by atoms with van der Waals surface area (Å²) in [6.45, 7) is 5.22. The van der Waals surface area contributed by atoms with Crippen molar-refractivity contribution in [1.29, 1.82) is 0 Å². The van der Waals surface area contributed by atoms with Crippen LogP contribution in [0.2, 0.25) is 5.02 Å². The van der Waals surface area contributed by atoms with Gasteiger partial charge in [-0.2, -0.15) is 0 Å². The number of halogens is 1. The maximum atomic E-state index is 12.9. The number of nitrogens with one attached hydrogen (secondary N) is 1. The Morgan fingerprint density at radius 2 is 1.86 bits per heavy atom. The quantitative estimate of drug-likeness (QED) is 0.492. The first-order valence-corrected chi connectivity index (χ1v) is 12.6. The average Bonchev–Trinajstić information content (AvgIpc) is 2.85. The number of carbonyl (C=O) groups excluding carboxylic acids is 3. The number of benzene rings is 1. The highest BCUT2D eigenvalue weighted by atomic mass is 35.5. The van der Waals surface area contributed by atoms with Crippen LogP contribution in [0.4, 0.5) is 5.69 Å². The number of nitrogens with two attached hydrogens (primary N) is 1. The largest absolute Gasteiger partial charge is 0.496 e. The number of Topliss-reactive ketones (excluding diaryl/α,β-unsaturated/α-hetero) is 1. The van der Waals surface area contributed by atoms with Gasteiger partial charge in [-0.15, -0.1) is 0 Å². The molecule has 0 radical (unpaired) electrons. The van der Waals surface area contributed by atoms with E-state index < -0.39 is 0 Å². The van der Waals surface area contributed by atoms with Gasteiger partial charge in [0.05, 0.1) is 35.5 Å². The van der Waals surface area contributed by atoms with Crippen molar-refractivity contribution in [3.63, 3.8) is 0 Å². The van der Waals surface area contributed by atoms with E-state index in [-0.39, 0.29) is 35.7 Å². The highest BCUT2D eigenvalue weighted by Crippen LogP contribution is 2.29. The summed E-state index contributed by atoms with van der Waals surface area (Å²) in [7, 11) is 3.12. The number of amides is 2. The molecule has 2 saturated heterocycles. The molecule has 1 aromatic rings. The lowest BCUT2D eigenvalue weighted by atomic mass is 9.93. The molecule has 0 bridgehead atoms. The summed E-state index contributed by atoms with van der Waals surface area (Å²) in [5.41, 5.74) is 6.50. The summed E-state index contributed by atoms with van der Waals surface area (Å²) in [5, 5.41) is 3.35. The molecule has 2 aliphatic rings. The van der Waals surface area contributed by atoms with Crippen LogP contribution >= 0.6 is 11.6 Å². The van der Waals surface area contributed by atoms with Gasteiger partial charge in [-0.05, 0) is 45.2 Å². The van der Waals surface area contributed by atoms with Crippen molar-refractivity contribution >= 4 is 34.9 Å². The number of carbonyl (C=O) groups is 3. The Morgan fingerprint density at radius 1 is 1.14 bits per heavy atom. The molecule has 0 unspecified atom stereocenters. The van der Waals surface area contributed by atoms with Gasteiger partial charge in [0.1, 0.15) is 11.5 Å². The molecule has 0 aliphatic carbocycles. The number of piperidine rings is 2. The van der Waals surface area contributed by atoms with Crippen LogP contribution in [-0.4, -0.2) is 86.5 Å². The van der Waals surface area contributed by atoms with Gasteiger partial charge in [-0.1, -0.05) is 11.6 Å². The maximum absolute atomic E-state index is 12.9. The minimum atomic E-state index is -0.289. The van der Waals surface area contributed by atoms with E-state index in [1.807, 2.05) is 4.90 Å². The van der Waals surface area contributed by atoms with Crippen molar-refractivity contribution in [3.05, 3.63) is 22.7 Å². The molecule has 2 amide bonds. The molecule has 2 atom stereocenters. The molecular formula is C25H37ClN4O5. The maximum Gasteiger partial charge on any atom is 0.255 e. The molecule has 9 nitrogen and oxygen atoms in total. The summed E-state index contributed by atoms with van der Waals surface area (Å²) in [4.78, 5) is 41.2. The molecule has 2 heterocycles. The average molecular weight is 509 g/mol. The van der Waals surface area contributed by atoms with Gasteiger partial charge in [-0.25, -0.2) is 0 Å². The van der Waals surface area contributed by atoms with Crippen molar-refractivity contribution in [1.82, 2.24) is 15.1 Å². The van der Waals surface area contributed by atoms with Gasteiger partial charge >= 0.3 is 0 Å². The van der Waals surface area contributed by atoms with Gasteiger partial charge in [0, 0.05) is 51.7 Å². The van der Waals surface area contributed by atoms with Crippen LogP contribution in [0.3, 0.4) is 0 Å². The van der Waals surface area contributed by atoms with Crippen molar-refractivity contribution in [2.75, 3.05) is 52.7 Å². The zero-order chi connectivity index (χ0) is 25.5. The molecule has 0 aromatic heterocycles. The number of rotatable bonds is 9. The fourth-order valence-corrected chi connectivity index (χ4v) is 5.06. The molecule has 3 rings (SSSR count). The number of nitrogens with zero attached hydrogens (tertiary/aromatic N) is 2. The van der Waals surface area contributed by atoms with E-state index in [0.717, 1.165) is 38.8 Å². The summed E-state index contributed by atoms with van der Waals surface area (Å²) >= 11 is 6.11. The van der Waals surface area contributed by atoms with E-state index in [4.69, 9.17) is 26.8 Å². The second kappa shape index (κ2) is 12.6. The van der Waals surface area contributed by atoms with Gasteiger partial charge in [0.2, 0.25) is 5.91 Å². The first-order chi connectivity index (χ1) is 16.7. The predicted molar refractivity (Wildman–Crippen MR) is 135 cm³/mol. The second-order valence-corrected chi connectivity index (χ2v) is 9.79. The summed E-state index contributed by atoms with van der Waals surface area (Å²) in [6, 6.07) is 2.90. The Bertz CT molecular complexity index is 919. The Balaban J connectivity index is 1.46. The summed E-state index contributed by atoms with van der Waals surface area (Å²) < 4.78 is 11.0. The number of likely N-dealkylation sites (tertiary alicyclic amines) is 2. The number of hydrogen-bond donors (Lipinski definition) is 2. The molecule has 2 fully saturated rings. The fourth-order valence-electron chi connectivity index (χ4n) is 4.90. The zero-order valence-electron chi connectivity index (χ0n) is 20.8. The Labute approximate surface area is 212 Å². The molecule has 0 saturated carbocycles. The van der Waals surface area contributed by atoms with E-state index in [2.05, 4.69) is 10.2 Å². The van der Waals surface area contributed by atoms with Crippen LogP contribution in [0.25, 0.3) is 0 Å².